The minimum absolute atomic E-state index is 0.0347. The first-order valence-corrected chi connectivity index (χ1v) is 7.89. The molecule has 0 aromatic heterocycles. The van der Waals surface area contributed by atoms with E-state index >= 15 is 0 Å². The largest absolute Gasteiger partial charge is 0.457 e. The number of rotatable bonds is 0. The highest BCUT2D eigenvalue weighted by atomic mass is 16.5. The first kappa shape index (κ1) is 15.1. The molecule has 0 fully saturated rings. The van der Waals surface area contributed by atoms with Gasteiger partial charge in [-0.2, -0.15) is 0 Å². The number of para-hydroxylation sites is 1. The Morgan fingerprint density at radius 3 is 1.80 bits per heavy atom. The van der Waals surface area contributed by atoms with E-state index in [2.05, 4.69) is 0 Å². The van der Waals surface area contributed by atoms with Crippen LogP contribution in [0, 0.1) is 0 Å². The Labute approximate surface area is 144 Å². The lowest BCUT2D eigenvalue weighted by Crippen LogP contribution is -2.11. The summed E-state index contributed by atoms with van der Waals surface area (Å²) in [5, 5.41) is 0. The van der Waals surface area contributed by atoms with Crippen LogP contribution in [-0.4, -0.2) is 11.9 Å². The average Bonchev–Trinajstić information content (AvgIpc) is 2.68. The first-order valence-electron chi connectivity index (χ1n) is 7.89. The van der Waals surface area contributed by atoms with Crippen LogP contribution in [0.5, 0.6) is 5.75 Å². The second kappa shape index (κ2) is 6.24. The maximum absolute atomic E-state index is 12.7. The lowest BCUT2D eigenvalue weighted by Gasteiger charge is -2.11. The molecule has 0 amide bonds. The lowest BCUT2D eigenvalue weighted by molar-refractivity contribution is 0.0471. The van der Waals surface area contributed by atoms with E-state index in [-0.39, 0.29) is 6.61 Å². The van der Waals surface area contributed by atoms with E-state index in [0.29, 0.717) is 33.6 Å². The maximum atomic E-state index is 12.7. The second-order valence-corrected chi connectivity index (χ2v) is 5.66. The zero-order chi connectivity index (χ0) is 17.2. The summed E-state index contributed by atoms with van der Waals surface area (Å²) < 4.78 is 11.0. The molecule has 0 unspecified atom stereocenters. The van der Waals surface area contributed by atoms with Gasteiger partial charge in [-0.15, -0.1) is 0 Å². The van der Waals surface area contributed by atoms with E-state index in [1.165, 1.54) is 0 Å². The molecule has 0 spiro atoms. The van der Waals surface area contributed by atoms with Crippen molar-refractivity contribution in [2.45, 2.75) is 6.61 Å². The van der Waals surface area contributed by atoms with Crippen LogP contribution in [0.2, 0.25) is 0 Å². The maximum Gasteiger partial charge on any atom is 0.344 e. The second-order valence-electron chi connectivity index (χ2n) is 5.66. The van der Waals surface area contributed by atoms with E-state index in [9.17, 15) is 9.59 Å². The number of cyclic esters (lactones) is 1. The topological polar surface area (TPSA) is 52.6 Å². The highest BCUT2D eigenvalue weighted by Crippen LogP contribution is 2.30. The number of hydrogen-bond acceptors (Lipinski definition) is 4. The number of hydrogen-bond donors (Lipinski definition) is 0. The van der Waals surface area contributed by atoms with Gasteiger partial charge >= 0.3 is 11.9 Å². The molecule has 1 aliphatic rings. The molecule has 4 heteroatoms. The molecule has 0 radical (unpaired) electrons. The van der Waals surface area contributed by atoms with Gasteiger partial charge in [-0.05, 0) is 29.3 Å². The van der Waals surface area contributed by atoms with E-state index in [0.717, 1.165) is 0 Å². The van der Waals surface area contributed by atoms with Crippen LogP contribution < -0.4 is 4.74 Å². The molecule has 1 aliphatic heterocycles. The predicted octanol–water partition coefficient (Wildman–Crippen LogP) is 4.24. The molecular formula is C21H14O4. The van der Waals surface area contributed by atoms with Gasteiger partial charge < -0.3 is 9.47 Å². The van der Waals surface area contributed by atoms with Crippen LogP contribution in [0.1, 0.15) is 26.3 Å². The highest BCUT2D eigenvalue weighted by molar-refractivity contribution is 6.03. The summed E-state index contributed by atoms with van der Waals surface area (Å²) in [6.45, 7) is 0.0347. The Balaban J connectivity index is 1.94. The van der Waals surface area contributed by atoms with Crippen molar-refractivity contribution < 1.29 is 19.1 Å². The van der Waals surface area contributed by atoms with Crippen LogP contribution in [0.3, 0.4) is 0 Å². The van der Waals surface area contributed by atoms with Crippen LogP contribution in [0.15, 0.2) is 72.8 Å². The summed E-state index contributed by atoms with van der Waals surface area (Å²) in [5.74, 6) is -0.511. The number of carbonyl (C=O) groups excluding carboxylic acids is 2. The van der Waals surface area contributed by atoms with Crippen molar-refractivity contribution >= 4 is 11.9 Å². The molecule has 0 bridgehead atoms. The number of fused-ring (bicyclic) bond motifs is 4. The minimum Gasteiger partial charge on any atom is -0.457 e. The van der Waals surface area contributed by atoms with Crippen molar-refractivity contribution in [3.8, 4) is 16.9 Å². The zero-order valence-corrected chi connectivity index (χ0v) is 13.3. The summed E-state index contributed by atoms with van der Waals surface area (Å²) in [7, 11) is 0. The lowest BCUT2D eigenvalue weighted by atomic mass is 9.95. The molecule has 4 rings (SSSR count). The molecule has 3 aromatic rings. The Morgan fingerprint density at radius 1 is 0.600 bits per heavy atom. The standard InChI is InChI=1S/C21H14O4/c22-20-17-10-4-2-8-15(17)16-9-3-5-11-18(16)21(23)25-19-12-6-1-7-14(19)13-24-20/h1-12H,13H2. The van der Waals surface area contributed by atoms with E-state index in [1.807, 2.05) is 18.2 Å². The molecule has 0 aliphatic carbocycles. The molecule has 0 saturated carbocycles. The molecule has 3 aromatic carbocycles. The Morgan fingerprint density at radius 2 is 1.12 bits per heavy atom. The summed E-state index contributed by atoms with van der Waals surface area (Å²) in [6, 6.07) is 21.2. The van der Waals surface area contributed by atoms with E-state index in [4.69, 9.17) is 9.47 Å². The third kappa shape index (κ3) is 2.78. The quantitative estimate of drug-likeness (QED) is 0.457. The van der Waals surface area contributed by atoms with Gasteiger partial charge in [0.2, 0.25) is 0 Å². The number of esters is 2. The smallest absolute Gasteiger partial charge is 0.344 e. The van der Waals surface area contributed by atoms with Crippen LogP contribution in [0.25, 0.3) is 11.1 Å². The first-order chi connectivity index (χ1) is 12.2. The molecule has 1 heterocycles. The van der Waals surface area contributed by atoms with Gasteiger partial charge in [0.1, 0.15) is 12.4 Å². The molecule has 0 N–H and O–H groups in total. The van der Waals surface area contributed by atoms with Crippen molar-refractivity contribution in [2.75, 3.05) is 0 Å². The van der Waals surface area contributed by atoms with Gasteiger partial charge in [0.05, 0.1) is 11.1 Å². The molecular weight excluding hydrogens is 316 g/mol. The Kier molecular flexibility index (Phi) is 3.78. The van der Waals surface area contributed by atoms with Crippen molar-refractivity contribution in [1.82, 2.24) is 0 Å². The van der Waals surface area contributed by atoms with E-state index < -0.39 is 11.9 Å². The minimum atomic E-state index is -0.466. The van der Waals surface area contributed by atoms with E-state index in [1.54, 1.807) is 54.6 Å². The Hall–Kier alpha value is -3.40. The summed E-state index contributed by atoms with van der Waals surface area (Å²) in [5.41, 5.74) is 2.74. The van der Waals surface area contributed by atoms with Crippen LogP contribution in [0.4, 0.5) is 0 Å². The van der Waals surface area contributed by atoms with Gasteiger partial charge in [0.25, 0.3) is 0 Å². The summed E-state index contributed by atoms with van der Waals surface area (Å²) >= 11 is 0. The predicted molar refractivity (Wildman–Crippen MR) is 92.4 cm³/mol. The Bertz CT molecular complexity index is 975. The van der Waals surface area contributed by atoms with Crippen molar-refractivity contribution in [1.29, 1.82) is 0 Å². The molecule has 25 heavy (non-hydrogen) atoms. The fraction of sp³-hybridized carbons (Fsp3) is 0.0476. The summed E-state index contributed by atoms with van der Waals surface area (Å²) in [4.78, 5) is 25.3. The monoisotopic (exact) mass is 330 g/mol. The molecule has 0 saturated heterocycles. The van der Waals surface area contributed by atoms with Crippen molar-refractivity contribution in [2.24, 2.45) is 0 Å². The van der Waals surface area contributed by atoms with Crippen molar-refractivity contribution in [3.05, 3.63) is 89.5 Å². The highest BCUT2D eigenvalue weighted by Gasteiger charge is 2.22. The molecule has 122 valence electrons. The third-order valence-corrected chi connectivity index (χ3v) is 4.12. The van der Waals surface area contributed by atoms with Gasteiger partial charge in [0.15, 0.2) is 0 Å². The average molecular weight is 330 g/mol. The van der Waals surface area contributed by atoms with Crippen molar-refractivity contribution in [3.63, 3.8) is 0 Å². The van der Waals surface area contributed by atoms with Gasteiger partial charge in [0, 0.05) is 5.56 Å². The van der Waals surface area contributed by atoms with Gasteiger partial charge in [-0.25, -0.2) is 9.59 Å². The molecule has 4 nitrogen and oxygen atoms in total. The number of carbonyl (C=O) groups is 2. The van der Waals surface area contributed by atoms with Gasteiger partial charge in [-0.3, -0.25) is 0 Å². The summed E-state index contributed by atoms with van der Waals surface area (Å²) in [6.07, 6.45) is 0. The third-order valence-electron chi connectivity index (χ3n) is 4.12. The van der Waals surface area contributed by atoms with Gasteiger partial charge in [-0.1, -0.05) is 54.6 Å². The zero-order valence-electron chi connectivity index (χ0n) is 13.3. The normalized spacial score (nSPS) is 13.4. The molecule has 0 atom stereocenters. The fourth-order valence-electron chi connectivity index (χ4n) is 2.89. The SMILES string of the molecule is O=C1OCc2ccccc2OC(=O)c2ccccc2-c2ccccc21. The van der Waals surface area contributed by atoms with Crippen LogP contribution >= 0.6 is 0 Å². The van der Waals surface area contributed by atoms with Crippen LogP contribution in [-0.2, 0) is 11.3 Å². The fourth-order valence-corrected chi connectivity index (χ4v) is 2.89. The number of benzene rings is 3. The number of ether oxygens (including phenoxy) is 2.